The standard InChI is InChI=1S/C32H41ClN2O4S.C2H6O.C2H6/c1-20-6-4-9-30(36)28-13-10-24(28)18-35(3)29-17-23(32(37)34-40(38)21(20)2)11-15-31(29)39-19-25-8-5-7-22-16-26(33)12-14-27(22)25;1-2-3;1-2/h4,9,11-12,14-17,20-21,24-25,28,30,36H,5-8,10,13,18-19H2,1-3H3,(H,34,37);3H,2H2,1H3;1-2H3/b9-4+;;. The molecule has 1 aliphatic heterocycles. The third-order valence-corrected chi connectivity index (χ3v) is 11.0. The Morgan fingerprint density at radius 3 is 2.53 bits per heavy atom. The summed E-state index contributed by atoms with van der Waals surface area (Å²) in [5.74, 6) is 1.29. The molecule has 1 saturated carbocycles. The van der Waals surface area contributed by atoms with Crippen molar-refractivity contribution in [3.05, 3.63) is 70.3 Å². The number of aliphatic hydroxyl groups excluding tert-OH is 2. The lowest BCUT2D eigenvalue weighted by Crippen LogP contribution is -2.42. The molecule has 1 amide bonds. The maximum Gasteiger partial charge on any atom is 0.263 e. The molecule has 5 rings (SSSR count). The van der Waals surface area contributed by atoms with Crippen LogP contribution in [-0.2, 0) is 17.4 Å². The fraction of sp³-hybridized carbons (Fsp3) is 0.583. The first-order valence-corrected chi connectivity index (χ1v) is 18.1. The highest BCUT2D eigenvalue weighted by Gasteiger charge is 2.36. The number of halogens is 1. The van der Waals surface area contributed by atoms with Gasteiger partial charge in [0, 0.05) is 36.7 Å². The van der Waals surface area contributed by atoms with Crippen LogP contribution >= 0.6 is 11.6 Å². The molecule has 7 nitrogen and oxygen atoms in total. The third kappa shape index (κ3) is 9.80. The van der Waals surface area contributed by atoms with Crippen molar-refractivity contribution in [3.8, 4) is 5.75 Å². The van der Waals surface area contributed by atoms with Crippen molar-refractivity contribution in [3.63, 3.8) is 0 Å². The molecule has 7 atom stereocenters. The van der Waals surface area contributed by atoms with Crippen molar-refractivity contribution in [1.29, 1.82) is 0 Å². The molecular weight excluding hydrogens is 608 g/mol. The van der Waals surface area contributed by atoms with Gasteiger partial charge in [0.1, 0.15) is 16.7 Å². The fourth-order valence-electron chi connectivity index (χ4n) is 6.27. The van der Waals surface area contributed by atoms with Crippen LogP contribution in [0.2, 0.25) is 5.02 Å². The summed E-state index contributed by atoms with van der Waals surface area (Å²) in [4.78, 5) is 15.3. The molecule has 45 heavy (non-hydrogen) atoms. The van der Waals surface area contributed by atoms with E-state index in [0.29, 0.717) is 24.5 Å². The smallest absolute Gasteiger partial charge is 0.263 e. The van der Waals surface area contributed by atoms with Crippen LogP contribution in [0.5, 0.6) is 5.75 Å². The molecule has 250 valence electrons. The molecule has 2 bridgehead atoms. The van der Waals surface area contributed by atoms with E-state index in [0.717, 1.165) is 55.1 Å². The van der Waals surface area contributed by atoms with Gasteiger partial charge in [-0.15, -0.1) is 0 Å². The molecule has 7 unspecified atom stereocenters. The van der Waals surface area contributed by atoms with E-state index in [1.54, 1.807) is 13.0 Å². The number of ether oxygens (including phenoxy) is 1. The van der Waals surface area contributed by atoms with E-state index in [-0.39, 0.29) is 35.5 Å². The van der Waals surface area contributed by atoms with Crippen LogP contribution in [0.1, 0.15) is 94.1 Å². The van der Waals surface area contributed by atoms with E-state index in [1.165, 1.54) is 11.1 Å². The van der Waals surface area contributed by atoms with Gasteiger partial charge in [-0.05, 0) is 112 Å². The average Bonchev–Trinajstić information content (AvgIpc) is 3.02. The van der Waals surface area contributed by atoms with Gasteiger partial charge in [-0.25, -0.2) is 4.21 Å². The molecule has 0 radical (unpaired) electrons. The summed E-state index contributed by atoms with van der Waals surface area (Å²) < 4.78 is 22.2. The molecule has 2 aliphatic carbocycles. The Hall–Kier alpha value is -2.39. The van der Waals surface area contributed by atoms with Gasteiger partial charge in [0.05, 0.1) is 23.6 Å². The van der Waals surface area contributed by atoms with E-state index in [4.69, 9.17) is 21.4 Å². The van der Waals surface area contributed by atoms with Crippen LogP contribution in [0.15, 0.2) is 48.6 Å². The van der Waals surface area contributed by atoms with E-state index in [9.17, 15) is 14.1 Å². The number of anilines is 1. The molecule has 1 heterocycles. The molecule has 3 N–H and O–H groups in total. The molecule has 0 aromatic heterocycles. The molecule has 3 aliphatic rings. The van der Waals surface area contributed by atoms with Crippen LogP contribution in [0.4, 0.5) is 5.69 Å². The molecular formula is C36H53ClN2O5S. The number of aryl methyl sites for hydroxylation is 1. The second-order valence-electron chi connectivity index (χ2n) is 12.2. The lowest BCUT2D eigenvalue weighted by Gasteiger charge is -2.41. The van der Waals surface area contributed by atoms with E-state index >= 15 is 0 Å². The maximum absolute atomic E-state index is 13.2. The lowest BCUT2D eigenvalue weighted by molar-refractivity contribution is 0.0466. The van der Waals surface area contributed by atoms with E-state index in [1.807, 2.05) is 65.1 Å². The fourth-order valence-corrected chi connectivity index (χ4v) is 7.48. The molecule has 9 heteroatoms. The minimum absolute atomic E-state index is 0.0908. The van der Waals surface area contributed by atoms with Gasteiger partial charge in [0.15, 0.2) is 0 Å². The first kappa shape index (κ1) is 37.1. The van der Waals surface area contributed by atoms with Gasteiger partial charge in [0.2, 0.25) is 0 Å². The summed E-state index contributed by atoms with van der Waals surface area (Å²) in [5.41, 5.74) is 3.88. The van der Waals surface area contributed by atoms with Crippen LogP contribution in [-0.4, -0.2) is 58.5 Å². The number of carbonyl (C=O) groups is 1. The highest BCUT2D eigenvalue weighted by atomic mass is 35.5. The molecule has 0 saturated heterocycles. The Labute approximate surface area is 278 Å². The molecule has 2 aromatic rings. The number of nitrogens with zero attached hydrogens (tertiary/aromatic N) is 1. The Morgan fingerprint density at radius 1 is 1.11 bits per heavy atom. The Kier molecular flexibility index (Phi) is 14.9. The quantitative estimate of drug-likeness (QED) is 0.305. The van der Waals surface area contributed by atoms with Crippen molar-refractivity contribution in [1.82, 2.24) is 4.72 Å². The van der Waals surface area contributed by atoms with Crippen molar-refractivity contribution in [2.24, 2.45) is 17.8 Å². The summed E-state index contributed by atoms with van der Waals surface area (Å²) in [6.07, 6.45) is 9.35. The second-order valence-corrected chi connectivity index (χ2v) is 14.2. The zero-order chi connectivity index (χ0) is 33.1. The predicted octanol–water partition coefficient (Wildman–Crippen LogP) is 7.07. The number of carbonyl (C=O) groups excluding carboxylic acids is 1. The number of allylic oxidation sites excluding steroid dienone is 1. The number of aliphatic hydroxyl groups is 2. The first-order valence-electron chi connectivity index (χ1n) is 16.6. The number of hydrogen-bond donors (Lipinski definition) is 3. The summed E-state index contributed by atoms with van der Waals surface area (Å²) >= 11 is 6.25. The second kappa shape index (κ2) is 18.1. The monoisotopic (exact) mass is 660 g/mol. The largest absolute Gasteiger partial charge is 0.491 e. The predicted molar refractivity (Wildman–Crippen MR) is 187 cm³/mol. The van der Waals surface area contributed by atoms with Crippen LogP contribution in [0.25, 0.3) is 0 Å². The van der Waals surface area contributed by atoms with E-state index in [2.05, 4.69) is 21.8 Å². The Balaban J connectivity index is 0.00000104. The Bertz CT molecular complexity index is 1300. The van der Waals surface area contributed by atoms with Crippen molar-refractivity contribution in [2.45, 2.75) is 90.4 Å². The summed E-state index contributed by atoms with van der Waals surface area (Å²) in [6, 6.07) is 11.6. The van der Waals surface area contributed by atoms with Crippen molar-refractivity contribution < 1.29 is 24.0 Å². The van der Waals surface area contributed by atoms with Crippen molar-refractivity contribution in [2.75, 3.05) is 31.7 Å². The summed E-state index contributed by atoms with van der Waals surface area (Å²) in [7, 11) is 0.487. The normalized spacial score (nSPS) is 28.8. The molecule has 1 fully saturated rings. The van der Waals surface area contributed by atoms with Crippen LogP contribution in [0, 0.1) is 17.8 Å². The Morgan fingerprint density at radius 2 is 1.84 bits per heavy atom. The van der Waals surface area contributed by atoms with Gasteiger partial charge in [-0.3, -0.25) is 9.52 Å². The first-order chi connectivity index (χ1) is 21.6. The number of benzene rings is 2. The highest BCUT2D eigenvalue weighted by molar-refractivity contribution is 7.84. The number of fused-ring (bicyclic) bond motifs is 4. The molecule has 0 spiro atoms. The lowest BCUT2D eigenvalue weighted by atomic mass is 9.70. The van der Waals surface area contributed by atoms with Crippen LogP contribution < -0.4 is 14.4 Å². The van der Waals surface area contributed by atoms with Gasteiger partial charge in [-0.2, -0.15) is 0 Å². The van der Waals surface area contributed by atoms with Gasteiger partial charge in [0.25, 0.3) is 5.91 Å². The summed E-state index contributed by atoms with van der Waals surface area (Å²) in [6.45, 7) is 11.1. The SMILES string of the molecule is CC.CC1C/C=C/C(O)C2CCC2CN(C)c2cc(ccc2OCC2CCCc3cc(Cl)ccc32)C(=O)NS(=O)C1C.CCO. The summed E-state index contributed by atoms with van der Waals surface area (Å²) in [5, 5.41) is 19.0. The van der Waals surface area contributed by atoms with Gasteiger partial charge in [-0.1, -0.05) is 50.6 Å². The topological polar surface area (TPSA) is 99.1 Å². The van der Waals surface area contributed by atoms with Gasteiger partial charge < -0.3 is 19.8 Å². The number of amides is 1. The zero-order valence-electron chi connectivity index (χ0n) is 27.8. The highest BCUT2D eigenvalue weighted by Crippen LogP contribution is 2.40. The third-order valence-electron chi connectivity index (χ3n) is 9.21. The minimum Gasteiger partial charge on any atom is -0.491 e. The zero-order valence-corrected chi connectivity index (χ0v) is 29.4. The number of hydrogen-bond acceptors (Lipinski definition) is 6. The average molecular weight is 661 g/mol. The maximum atomic E-state index is 13.2. The van der Waals surface area contributed by atoms with Gasteiger partial charge >= 0.3 is 0 Å². The van der Waals surface area contributed by atoms with Crippen molar-refractivity contribution >= 4 is 34.2 Å². The minimum atomic E-state index is -1.53. The van der Waals surface area contributed by atoms with E-state index < -0.39 is 17.1 Å². The number of nitrogens with one attached hydrogen (secondary N) is 1. The number of rotatable bonds is 3. The molecule has 2 aromatic carbocycles. The van der Waals surface area contributed by atoms with Crippen LogP contribution in [0.3, 0.4) is 0 Å².